The fourth-order valence-electron chi connectivity index (χ4n) is 2.98. The Balaban J connectivity index is 1.94. The van der Waals surface area contributed by atoms with Gasteiger partial charge in [-0.1, -0.05) is 15.9 Å². The second kappa shape index (κ2) is 6.33. The molecule has 3 rings (SSSR count). The second-order valence-electron chi connectivity index (χ2n) is 5.88. The summed E-state index contributed by atoms with van der Waals surface area (Å²) in [7, 11) is -1.54. The van der Waals surface area contributed by atoms with Gasteiger partial charge in [-0.3, -0.25) is 0 Å². The molecular weight excluding hydrogens is 380 g/mol. The number of piperidine rings is 1. The van der Waals surface area contributed by atoms with Crippen molar-refractivity contribution >= 4 is 42.7 Å². The summed E-state index contributed by atoms with van der Waals surface area (Å²) in [5.74, 6) is 0.864. The van der Waals surface area contributed by atoms with Gasteiger partial charge in [-0.2, -0.15) is 0 Å². The van der Waals surface area contributed by atoms with Crippen molar-refractivity contribution in [3.8, 4) is 0 Å². The van der Waals surface area contributed by atoms with E-state index < -0.39 is 10.0 Å². The lowest BCUT2D eigenvalue weighted by Crippen LogP contribution is -2.48. The van der Waals surface area contributed by atoms with E-state index in [1.54, 1.807) is 13.4 Å². The molecular formula is C15H19BrN4O2S. The fourth-order valence-corrected chi connectivity index (χ4v) is 4.06. The molecule has 6 nitrogen and oxygen atoms in total. The first kappa shape index (κ1) is 16.6. The molecule has 1 aliphatic rings. The summed E-state index contributed by atoms with van der Waals surface area (Å²) < 4.78 is 26.1. The molecule has 23 heavy (non-hydrogen) atoms. The number of nitrogens with zero attached hydrogens (tertiary/aromatic N) is 4. The van der Waals surface area contributed by atoms with Gasteiger partial charge in [0.15, 0.2) is 0 Å². The first-order chi connectivity index (χ1) is 10.9. The summed E-state index contributed by atoms with van der Waals surface area (Å²) in [4.78, 5) is 10.9. The van der Waals surface area contributed by atoms with Gasteiger partial charge in [0.1, 0.15) is 12.1 Å². The molecule has 1 aliphatic heterocycles. The molecule has 0 saturated carbocycles. The van der Waals surface area contributed by atoms with Crippen LogP contribution in [0.2, 0.25) is 0 Å². The predicted octanol–water partition coefficient (Wildman–Crippen LogP) is 2.25. The van der Waals surface area contributed by atoms with Gasteiger partial charge in [0.05, 0.1) is 11.8 Å². The predicted molar refractivity (Wildman–Crippen MR) is 95.1 cm³/mol. The van der Waals surface area contributed by atoms with E-state index in [-0.39, 0.29) is 6.04 Å². The van der Waals surface area contributed by atoms with Gasteiger partial charge in [-0.25, -0.2) is 22.7 Å². The number of benzene rings is 1. The number of likely N-dealkylation sites (N-methyl/N-ethyl adjacent to an activating group) is 1. The molecule has 2 aromatic rings. The Morgan fingerprint density at radius 3 is 2.87 bits per heavy atom. The smallest absolute Gasteiger partial charge is 0.211 e. The normalized spacial score (nSPS) is 19.5. The van der Waals surface area contributed by atoms with E-state index in [4.69, 9.17) is 0 Å². The van der Waals surface area contributed by atoms with Crippen LogP contribution in [0.15, 0.2) is 29.0 Å². The van der Waals surface area contributed by atoms with Crippen molar-refractivity contribution in [3.05, 3.63) is 29.0 Å². The maximum atomic E-state index is 11.8. The molecule has 124 valence electrons. The molecule has 8 heteroatoms. The number of hydrogen-bond acceptors (Lipinski definition) is 5. The Hall–Kier alpha value is -1.25. The van der Waals surface area contributed by atoms with Crippen molar-refractivity contribution in [2.45, 2.75) is 18.9 Å². The first-order valence-corrected chi connectivity index (χ1v) is 10.1. The van der Waals surface area contributed by atoms with Gasteiger partial charge in [0.25, 0.3) is 0 Å². The minimum Gasteiger partial charge on any atom is -0.354 e. The topological polar surface area (TPSA) is 66.4 Å². The molecule has 0 radical (unpaired) electrons. The standard InChI is InChI=1S/C15H19BrN4O2S/c1-19(23(2,21)22)12-4-3-7-20(9-12)15-13-8-11(16)5-6-14(13)17-10-18-15/h5-6,8,10,12H,3-4,7,9H2,1-2H3. The molecule has 1 aromatic heterocycles. The number of anilines is 1. The van der Waals surface area contributed by atoms with E-state index in [0.29, 0.717) is 6.54 Å². The number of halogens is 1. The average molecular weight is 399 g/mol. The summed E-state index contributed by atoms with van der Waals surface area (Å²) in [5.41, 5.74) is 0.886. The van der Waals surface area contributed by atoms with Crippen molar-refractivity contribution in [3.63, 3.8) is 0 Å². The molecule has 0 N–H and O–H groups in total. The second-order valence-corrected chi connectivity index (χ2v) is 8.84. The van der Waals surface area contributed by atoms with Crippen molar-refractivity contribution in [1.29, 1.82) is 0 Å². The van der Waals surface area contributed by atoms with Crippen LogP contribution >= 0.6 is 15.9 Å². The molecule has 1 aromatic carbocycles. The van der Waals surface area contributed by atoms with Crippen LogP contribution in [0.3, 0.4) is 0 Å². The summed E-state index contributed by atoms with van der Waals surface area (Å²) in [6.07, 6.45) is 4.62. The Morgan fingerprint density at radius 2 is 2.13 bits per heavy atom. The minimum absolute atomic E-state index is 0.0316. The lowest BCUT2D eigenvalue weighted by molar-refractivity contribution is 0.321. The van der Waals surface area contributed by atoms with Crippen molar-refractivity contribution in [2.75, 3.05) is 31.3 Å². The molecule has 1 atom stereocenters. The van der Waals surface area contributed by atoms with Crippen LogP contribution in [0.5, 0.6) is 0 Å². The zero-order chi connectivity index (χ0) is 16.6. The molecule has 1 fully saturated rings. The van der Waals surface area contributed by atoms with Gasteiger partial charge < -0.3 is 4.90 Å². The van der Waals surface area contributed by atoms with Crippen LogP contribution in [0.25, 0.3) is 10.9 Å². The summed E-state index contributed by atoms with van der Waals surface area (Å²) in [5, 5.41) is 0.976. The number of rotatable bonds is 3. The Kier molecular flexibility index (Phi) is 4.57. The summed E-state index contributed by atoms with van der Waals surface area (Å²) in [6, 6.07) is 5.88. The molecule has 0 spiro atoms. The molecule has 0 bridgehead atoms. The highest BCUT2D eigenvalue weighted by atomic mass is 79.9. The highest BCUT2D eigenvalue weighted by Gasteiger charge is 2.29. The Labute approximate surface area is 144 Å². The number of fused-ring (bicyclic) bond motifs is 1. The van der Waals surface area contributed by atoms with Crippen LogP contribution < -0.4 is 4.90 Å². The third-order valence-electron chi connectivity index (χ3n) is 4.31. The van der Waals surface area contributed by atoms with Crippen LogP contribution in [0.4, 0.5) is 5.82 Å². The highest BCUT2D eigenvalue weighted by Crippen LogP contribution is 2.29. The Bertz CT molecular complexity index is 827. The number of hydrogen-bond donors (Lipinski definition) is 0. The molecule has 0 amide bonds. The molecule has 1 saturated heterocycles. The van der Waals surface area contributed by atoms with Crippen molar-refractivity contribution in [2.24, 2.45) is 0 Å². The quantitative estimate of drug-likeness (QED) is 0.792. The fraction of sp³-hybridized carbons (Fsp3) is 0.467. The lowest BCUT2D eigenvalue weighted by Gasteiger charge is -2.37. The maximum Gasteiger partial charge on any atom is 0.211 e. The minimum atomic E-state index is -3.19. The van der Waals surface area contributed by atoms with Crippen molar-refractivity contribution < 1.29 is 8.42 Å². The summed E-state index contributed by atoms with van der Waals surface area (Å²) in [6.45, 7) is 1.51. The third-order valence-corrected chi connectivity index (χ3v) is 6.15. The van der Waals surface area contributed by atoms with Crippen LogP contribution in [0, 0.1) is 0 Å². The van der Waals surface area contributed by atoms with E-state index in [1.807, 2.05) is 18.2 Å². The van der Waals surface area contributed by atoms with Gasteiger partial charge in [0.2, 0.25) is 10.0 Å². The van der Waals surface area contributed by atoms with E-state index >= 15 is 0 Å². The zero-order valence-electron chi connectivity index (χ0n) is 13.1. The molecule has 0 aliphatic carbocycles. The Morgan fingerprint density at radius 1 is 1.35 bits per heavy atom. The monoisotopic (exact) mass is 398 g/mol. The van der Waals surface area contributed by atoms with Gasteiger partial charge in [-0.15, -0.1) is 0 Å². The van der Waals surface area contributed by atoms with Crippen LogP contribution in [-0.4, -0.2) is 55.1 Å². The van der Waals surface area contributed by atoms with Crippen LogP contribution in [0.1, 0.15) is 12.8 Å². The van der Waals surface area contributed by atoms with E-state index in [9.17, 15) is 8.42 Å². The number of sulfonamides is 1. The maximum absolute atomic E-state index is 11.8. The highest BCUT2D eigenvalue weighted by molar-refractivity contribution is 9.10. The van der Waals surface area contributed by atoms with E-state index in [2.05, 4.69) is 30.8 Å². The number of aromatic nitrogens is 2. The lowest BCUT2D eigenvalue weighted by atomic mass is 10.1. The van der Waals surface area contributed by atoms with Crippen LogP contribution in [-0.2, 0) is 10.0 Å². The SMILES string of the molecule is CN(C1CCCN(c2ncnc3ccc(Br)cc23)C1)S(C)(=O)=O. The molecule has 2 heterocycles. The zero-order valence-corrected chi connectivity index (χ0v) is 15.5. The van der Waals surface area contributed by atoms with Gasteiger partial charge in [-0.05, 0) is 31.0 Å². The largest absolute Gasteiger partial charge is 0.354 e. The molecule has 1 unspecified atom stereocenters. The van der Waals surface area contributed by atoms with Crippen molar-refractivity contribution in [1.82, 2.24) is 14.3 Å². The van der Waals surface area contributed by atoms with Gasteiger partial charge in [0, 0.05) is 36.0 Å². The average Bonchev–Trinajstić information content (AvgIpc) is 2.52. The third kappa shape index (κ3) is 3.49. The van der Waals surface area contributed by atoms with E-state index in [1.165, 1.54) is 10.6 Å². The van der Waals surface area contributed by atoms with Gasteiger partial charge >= 0.3 is 0 Å². The first-order valence-electron chi connectivity index (χ1n) is 7.44. The summed E-state index contributed by atoms with van der Waals surface area (Å²) >= 11 is 3.49. The van der Waals surface area contributed by atoms with E-state index in [0.717, 1.165) is 40.6 Å².